The van der Waals surface area contributed by atoms with E-state index in [1.807, 2.05) is 13.8 Å². The maximum absolute atomic E-state index is 13.8. The first-order valence-corrected chi connectivity index (χ1v) is 8.15. The Morgan fingerprint density at radius 1 is 1.55 bits per heavy atom. The number of H-pyrrole nitrogens is 1. The van der Waals surface area contributed by atoms with Crippen LogP contribution < -0.4 is 0 Å². The molecule has 7 nitrogen and oxygen atoms in total. The first kappa shape index (κ1) is 16.8. The van der Waals surface area contributed by atoms with E-state index in [9.17, 15) is 22.0 Å². The van der Waals surface area contributed by atoms with Gasteiger partial charge in [0.25, 0.3) is 15.9 Å². The quantitative estimate of drug-likeness (QED) is 0.861. The number of alkyl halides is 2. The van der Waals surface area contributed by atoms with Crippen LogP contribution in [0.4, 0.5) is 8.78 Å². The number of hydrogen-bond donors (Lipinski definition) is 2. The third-order valence-corrected chi connectivity index (χ3v) is 5.35. The molecule has 0 saturated carbocycles. The molecule has 2 N–H and O–H groups in total. The zero-order valence-electron chi connectivity index (χ0n) is 12.1. The third kappa shape index (κ3) is 2.98. The molecule has 0 amide bonds. The normalized spacial score (nSPS) is 22.9. The van der Waals surface area contributed by atoms with Crippen LogP contribution in [0.1, 0.15) is 32.0 Å². The number of nitrogens with zero attached hydrogens (tertiary/aromatic N) is 2. The zero-order valence-corrected chi connectivity index (χ0v) is 12.9. The standard InChI is InChI=1S/C12H17F2N3O4S/c1-7(2)10-15-5-9(16-10)22(20,21)17-4-3-8(11(18)19)12(13,14)6-17/h5,7-8H,3-4,6H2,1-2H3,(H,15,16)(H,18,19). The predicted octanol–water partition coefficient (Wildman–Crippen LogP) is 1.26. The first-order chi connectivity index (χ1) is 10.1. The van der Waals surface area contributed by atoms with E-state index < -0.39 is 40.8 Å². The minimum absolute atomic E-state index is 0.0388. The van der Waals surface area contributed by atoms with Crippen LogP contribution in [0, 0.1) is 5.92 Å². The Kier molecular flexibility index (Phi) is 4.26. The molecule has 0 aliphatic carbocycles. The molecular weight excluding hydrogens is 320 g/mol. The summed E-state index contributed by atoms with van der Waals surface area (Å²) in [7, 11) is -4.15. The second kappa shape index (κ2) is 5.58. The Hall–Kier alpha value is -1.55. The van der Waals surface area contributed by atoms with E-state index in [2.05, 4.69) is 9.97 Å². The first-order valence-electron chi connectivity index (χ1n) is 6.71. The van der Waals surface area contributed by atoms with E-state index in [0.29, 0.717) is 10.1 Å². The number of piperidine rings is 1. The number of sulfonamides is 1. The van der Waals surface area contributed by atoms with Gasteiger partial charge in [0, 0.05) is 12.5 Å². The van der Waals surface area contributed by atoms with Crippen LogP contribution in [-0.2, 0) is 14.8 Å². The molecule has 22 heavy (non-hydrogen) atoms. The molecule has 0 aromatic carbocycles. The molecule has 2 heterocycles. The maximum Gasteiger partial charge on any atom is 0.312 e. The highest BCUT2D eigenvalue weighted by Gasteiger charge is 2.51. The third-order valence-electron chi connectivity index (χ3n) is 3.60. The van der Waals surface area contributed by atoms with Crippen molar-refractivity contribution in [3.8, 4) is 0 Å². The summed E-state index contributed by atoms with van der Waals surface area (Å²) in [5.74, 6) is -6.70. The van der Waals surface area contributed by atoms with Gasteiger partial charge >= 0.3 is 5.97 Å². The lowest BCUT2D eigenvalue weighted by atomic mass is 9.94. The van der Waals surface area contributed by atoms with E-state index in [4.69, 9.17) is 5.11 Å². The summed E-state index contributed by atoms with van der Waals surface area (Å²) in [5, 5.41) is 8.52. The Morgan fingerprint density at radius 2 is 2.18 bits per heavy atom. The van der Waals surface area contributed by atoms with Crippen molar-refractivity contribution in [2.24, 2.45) is 5.92 Å². The number of hydrogen-bond acceptors (Lipinski definition) is 4. The van der Waals surface area contributed by atoms with Crippen LogP contribution >= 0.6 is 0 Å². The number of aromatic nitrogens is 2. The van der Waals surface area contributed by atoms with Gasteiger partial charge in [0.2, 0.25) is 0 Å². The summed E-state index contributed by atoms with van der Waals surface area (Å²) in [5.41, 5.74) is 0. The van der Waals surface area contributed by atoms with Crippen molar-refractivity contribution < 1.29 is 27.1 Å². The average Bonchev–Trinajstić information content (AvgIpc) is 2.87. The molecule has 1 aliphatic heterocycles. The van der Waals surface area contributed by atoms with Crippen LogP contribution in [-0.4, -0.2) is 52.8 Å². The lowest BCUT2D eigenvalue weighted by molar-refractivity contribution is -0.163. The summed E-state index contributed by atoms with van der Waals surface area (Å²) < 4.78 is 53.0. The molecule has 124 valence electrons. The van der Waals surface area contributed by atoms with Crippen LogP contribution in [0.25, 0.3) is 0 Å². The molecule has 1 saturated heterocycles. The van der Waals surface area contributed by atoms with Crippen LogP contribution in [0.5, 0.6) is 0 Å². The number of aliphatic carboxylic acids is 1. The van der Waals surface area contributed by atoms with Crippen molar-refractivity contribution in [1.29, 1.82) is 0 Å². The van der Waals surface area contributed by atoms with E-state index in [0.717, 1.165) is 6.20 Å². The molecule has 1 aromatic heterocycles. The van der Waals surface area contributed by atoms with Gasteiger partial charge in [0.1, 0.15) is 11.7 Å². The van der Waals surface area contributed by atoms with Crippen molar-refractivity contribution in [3.05, 3.63) is 12.0 Å². The fraction of sp³-hybridized carbons (Fsp3) is 0.667. The molecule has 0 bridgehead atoms. The molecule has 1 fully saturated rings. The summed E-state index contributed by atoms with van der Waals surface area (Å²) in [6, 6.07) is 0. The molecule has 1 atom stereocenters. The predicted molar refractivity (Wildman–Crippen MR) is 72.1 cm³/mol. The summed E-state index contributed by atoms with van der Waals surface area (Å²) >= 11 is 0. The number of halogens is 2. The van der Waals surface area contributed by atoms with Gasteiger partial charge in [-0.1, -0.05) is 13.8 Å². The Bertz CT molecular complexity index is 672. The lowest BCUT2D eigenvalue weighted by Crippen LogP contribution is -2.52. The van der Waals surface area contributed by atoms with Crippen LogP contribution in [0.2, 0.25) is 0 Å². The second-order valence-electron chi connectivity index (χ2n) is 5.57. The molecule has 1 unspecified atom stereocenters. The topological polar surface area (TPSA) is 103 Å². The van der Waals surface area contributed by atoms with E-state index in [-0.39, 0.29) is 17.5 Å². The summed E-state index contributed by atoms with van der Waals surface area (Å²) in [6.07, 6.45) is 0.652. The van der Waals surface area contributed by atoms with Crippen molar-refractivity contribution in [2.75, 3.05) is 13.1 Å². The number of imidazole rings is 1. The van der Waals surface area contributed by atoms with Gasteiger partial charge in [-0.15, -0.1) is 0 Å². The fourth-order valence-corrected chi connectivity index (χ4v) is 3.69. The molecule has 1 aromatic rings. The van der Waals surface area contributed by atoms with Crippen molar-refractivity contribution >= 4 is 16.0 Å². The molecule has 10 heteroatoms. The largest absolute Gasteiger partial charge is 0.481 e. The van der Waals surface area contributed by atoms with Gasteiger partial charge < -0.3 is 10.1 Å². The molecule has 0 radical (unpaired) electrons. The van der Waals surface area contributed by atoms with E-state index in [1.54, 1.807) is 0 Å². The second-order valence-corrected chi connectivity index (χ2v) is 7.47. The van der Waals surface area contributed by atoms with Crippen LogP contribution in [0.15, 0.2) is 11.2 Å². The minimum atomic E-state index is -4.15. The Morgan fingerprint density at radius 3 is 2.64 bits per heavy atom. The number of nitrogens with one attached hydrogen (secondary N) is 1. The van der Waals surface area contributed by atoms with Crippen LogP contribution in [0.3, 0.4) is 0 Å². The lowest BCUT2D eigenvalue weighted by Gasteiger charge is -2.35. The van der Waals surface area contributed by atoms with Crippen molar-refractivity contribution in [3.63, 3.8) is 0 Å². The molecule has 0 spiro atoms. The highest BCUT2D eigenvalue weighted by atomic mass is 32.2. The van der Waals surface area contributed by atoms with Gasteiger partial charge in [-0.05, 0) is 6.42 Å². The zero-order chi connectivity index (χ0) is 16.7. The number of rotatable bonds is 4. The highest BCUT2D eigenvalue weighted by molar-refractivity contribution is 7.89. The number of carbonyl (C=O) groups is 1. The average molecular weight is 337 g/mol. The number of aromatic amines is 1. The molecular formula is C12H17F2N3O4S. The van der Waals surface area contributed by atoms with Gasteiger partial charge in [-0.25, -0.2) is 22.2 Å². The van der Waals surface area contributed by atoms with Crippen molar-refractivity contribution in [2.45, 2.75) is 37.1 Å². The maximum atomic E-state index is 13.8. The van der Waals surface area contributed by atoms with Crippen molar-refractivity contribution in [1.82, 2.24) is 14.3 Å². The monoisotopic (exact) mass is 337 g/mol. The minimum Gasteiger partial charge on any atom is -0.481 e. The highest BCUT2D eigenvalue weighted by Crippen LogP contribution is 2.35. The van der Waals surface area contributed by atoms with Gasteiger partial charge in [-0.3, -0.25) is 4.79 Å². The van der Waals surface area contributed by atoms with E-state index in [1.165, 1.54) is 0 Å². The van der Waals surface area contributed by atoms with Gasteiger partial charge in [0.05, 0.1) is 12.7 Å². The number of carboxylic acids is 1. The van der Waals surface area contributed by atoms with Gasteiger partial charge in [0.15, 0.2) is 5.03 Å². The Labute approximate surface area is 126 Å². The SMILES string of the molecule is CC(C)c1ncc(S(=O)(=O)N2CCC(C(=O)O)C(F)(F)C2)[nH]1. The van der Waals surface area contributed by atoms with Gasteiger partial charge in [-0.2, -0.15) is 4.31 Å². The smallest absolute Gasteiger partial charge is 0.312 e. The number of carboxylic acid groups (broad SMARTS) is 1. The summed E-state index contributed by atoms with van der Waals surface area (Å²) in [4.78, 5) is 17.3. The fourth-order valence-electron chi connectivity index (χ4n) is 2.30. The summed E-state index contributed by atoms with van der Waals surface area (Å²) in [6.45, 7) is 2.19. The molecule has 2 rings (SSSR count). The Balaban J connectivity index is 2.25. The molecule has 1 aliphatic rings. The van der Waals surface area contributed by atoms with E-state index >= 15 is 0 Å².